The van der Waals surface area contributed by atoms with Gasteiger partial charge in [-0.2, -0.15) is 0 Å². The van der Waals surface area contributed by atoms with Gasteiger partial charge in [0.15, 0.2) is 0 Å². The number of nitrogens with two attached hydrogens (primary N) is 1. The fourth-order valence-electron chi connectivity index (χ4n) is 2.40. The summed E-state index contributed by atoms with van der Waals surface area (Å²) in [6.07, 6.45) is 0. The summed E-state index contributed by atoms with van der Waals surface area (Å²) in [5.74, 6) is 0.780. The zero-order chi connectivity index (χ0) is 13.7. The molecule has 5 heteroatoms. The van der Waals surface area contributed by atoms with E-state index in [9.17, 15) is 4.39 Å². The average Bonchev–Trinajstić information content (AvgIpc) is 2.42. The van der Waals surface area contributed by atoms with Crippen LogP contribution in [0.15, 0.2) is 29.2 Å². The van der Waals surface area contributed by atoms with Crippen molar-refractivity contribution in [1.82, 2.24) is 9.80 Å². The molecule has 1 aromatic carbocycles. The smallest absolute Gasteiger partial charge is 0.136 e. The summed E-state index contributed by atoms with van der Waals surface area (Å²) >= 11 is 1.58. The number of thioether (sulfide) groups is 1. The maximum Gasteiger partial charge on any atom is 0.136 e. The third-order valence-corrected chi connectivity index (χ3v) is 4.58. The first-order valence-corrected chi connectivity index (χ1v) is 7.69. The Morgan fingerprint density at radius 2 is 2.16 bits per heavy atom. The molecule has 0 aromatic heterocycles. The first-order chi connectivity index (χ1) is 9.20. The van der Waals surface area contributed by atoms with Gasteiger partial charge in [0.05, 0.1) is 0 Å². The number of rotatable bonds is 5. The Balaban J connectivity index is 1.80. The molecule has 0 saturated carbocycles. The van der Waals surface area contributed by atoms with Crippen LogP contribution in [0.3, 0.4) is 0 Å². The third-order valence-electron chi connectivity index (χ3n) is 3.55. The second-order valence-corrected chi connectivity index (χ2v) is 6.10. The average molecular weight is 283 g/mol. The van der Waals surface area contributed by atoms with E-state index in [1.807, 2.05) is 12.1 Å². The summed E-state index contributed by atoms with van der Waals surface area (Å²) < 4.78 is 13.5. The monoisotopic (exact) mass is 283 g/mol. The molecule has 1 aliphatic rings. The van der Waals surface area contributed by atoms with Crippen molar-refractivity contribution in [3.05, 3.63) is 30.1 Å². The summed E-state index contributed by atoms with van der Waals surface area (Å²) in [4.78, 5) is 5.48. The Bertz CT molecular complexity index is 402. The van der Waals surface area contributed by atoms with Crippen molar-refractivity contribution < 1.29 is 4.39 Å². The number of hydrogen-bond donors (Lipinski definition) is 1. The molecule has 1 fully saturated rings. The van der Waals surface area contributed by atoms with Gasteiger partial charge >= 0.3 is 0 Å². The first-order valence-electron chi connectivity index (χ1n) is 6.70. The Morgan fingerprint density at radius 3 is 2.89 bits per heavy atom. The minimum absolute atomic E-state index is 0.124. The number of nitrogens with zero attached hydrogens (tertiary/aromatic N) is 2. The lowest BCUT2D eigenvalue weighted by molar-refractivity contribution is 0.101. The minimum atomic E-state index is -0.124. The lowest BCUT2D eigenvalue weighted by Crippen LogP contribution is -2.55. The molecule has 0 aliphatic carbocycles. The van der Waals surface area contributed by atoms with Crippen LogP contribution in [0.5, 0.6) is 0 Å². The van der Waals surface area contributed by atoms with Crippen LogP contribution in [0, 0.1) is 5.82 Å². The maximum atomic E-state index is 13.5. The van der Waals surface area contributed by atoms with Crippen LogP contribution in [0.2, 0.25) is 0 Å². The first kappa shape index (κ1) is 14.8. The molecule has 1 saturated heterocycles. The molecular formula is C14H22FN3S. The third kappa shape index (κ3) is 4.18. The summed E-state index contributed by atoms with van der Waals surface area (Å²) in [7, 11) is 2.13. The number of halogens is 1. The fraction of sp³-hybridized carbons (Fsp3) is 0.571. The minimum Gasteiger partial charge on any atom is -0.329 e. The Labute approximate surface area is 118 Å². The van der Waals surface area contributed by atoms with Gasteiger partial charge in [0.25, 0.3) is 0 Å². The fourth-order valence-corrected chi connectivity index (χ4v) is 3.33. The molecule has 1 aromatic rings. The van der Waals surface area contributed by atoms with Crippen LogP contribution in [-0.4, -0.2) is 61.4 Å². The lowest BCUT2D eigenvalue weighted by Gasteiger charge is -2.39. The van der Waals surface area contributed by atoms with E-state index in [1.54, 1.807) is 17.8 Å². The Hall–Kier alpha value is -0.620. The number of piperazine rings is 1. The highest BCUT2D eigenvalue weighted by Crippen LogP contribution is 2.21. The Morgan fingerprint density at radius 1 is 1.37 bits per heavy atom. The number of benzene rings is 1. The summed E-state index contributed by atoms with van der Waals surface area (Å²) in [6, 6.07) is 7.39. The molecule has 1 aliphatic heterocycles. The molecule has 106 valence electrons. The Kier molecular flexibility index (Phi) is 5.63. The maximum absolute atomic E-state index is 13.5. The zero-order valence-electron chi connectivity index (χ0n) is 11.4. The van der Waals surface area contributed by atoms with Gasteiger partial charge in [0, 0.05) is 49.4 Å². The molecule has 19 heavy (non-hydrogen) atoms. The van der Waals surface area contributed by atoms with Gasteiger partial charge in [-0.3, -0.25) is 4.90 Å². The lowest BCUT2D eigenvalue weighted by atomic mass is 10.2. The molecule has 0 spiro atoms. The molecule has 2 N–H and O–H groups in total. The van der Waals surface area contributed by atoms with E-state index in [-0.39, 0.29) is 5.82 Å². The van der Waals surface area contributed by atoms with Crippen LogP contribution >= 0.6 is 11.8 Å². The van der Waals surface area contributed by atoms with Gasteiger partial charge in [0.1, 0.15) is 5.82 Å². The van der Waals surface area contributed by atoms with Crippen LogP contribution < -0.4 is 5.73 Å². The molecule has 0 amide bonds. The van der Waals surface area contributed by atoms with E-state index in [4.69, 9.17) is 5.73 Å². The summed E-state index contributed by atoms with van der Waals surface area (Å²) in [6.45, 7) is 4.82. The van der Waals surface area contributed by atoms with Crippen molar-refractivity contribution >= 4 is 11.8 Å². The van der Waals surface area contributed by atoms with Gasteiger partial charge in [-0.25, -0.2) is 4.39 Å². The van der Waals surface area contributed by atoms with Crippen molar-refractivity contribution in [1.29, 1.82) is 0 Å². The highest BCUT2D eigenvalue weighted by atomic mass is 32.2. The van der Waals surface area contributed by atoms with Crippen LogP contribution in [0.25, 0.3) is 0 Å². The quantitative estimate of drug-likeness (QED) is 0.830. The number of hydrogen-bond acceptors (Lipinski definition) is 4. The van der Waals surface area contributed by atoms with Crippen molar-refractivity contribution in [2.24, 2.45) is 5.73 Å². The van der Waals surface area contributed by atoms with Gasteiger partial charge < -0.3 is 10.6 Å². The van der Waals surface area contributed by atoms with Crippen LogP contribution in [0.1, 0.15) is 0 Å². The SMILES string of the molecule is CN1CCN(CCSc2ccccc2F)C(CN)C1. The van der Waals surface area contributed by atoms with Crippen molar-refractivity contribution in [2.75, 3.05) is 45.5 Å². The van der Waals surface area contributed by atoms with Crippen molar-refractivity contribution in [3.8, 4) is 0 Å². The molecule has 0 bridgehead atoms. The molecule has 1 atom stereocenters. The van der Waals surface area contributed by atoms with Gasteiger partial charge in [-0.05, 0) is 19.2 Å². The molecule has 1 unspecified atom stereocenters. The molecule has 2 rings (SSSR count). The van der Waals surface area contributed by atoms with E-state index < -0.39 is 0 Å². The zero-order valence-corrected chi connectivity index (χ0v) is 12.2. The van der Waals surface area contributed by atoms with Gasteiger partial charge in [-0.1, -0.05) is 12.1 Å². The second-order valence-electron chi connectivity index (χ2n) is 4.97. The van der Waals surface area contributed by atoms with Gasteiger partial charge in [0.2, 0.25) is 0 Å². The molecular weight excluding hydrogens is 261 g/mol. The van der Waals surface area contributed by atoms with E-state index in [0.717, 1.165) is 36.8 Å². The highest BCUT2D eigenvalue weighted by Gasteiger charge is 2.23. The largest absolute Gasteiger partial charge is 0.329 e. The normalized spacial score (nSPS) is 21.7. The summed E-state index contributed by atoms with van der Waals surface area (Å²) in [5, 5.41) is 0. The molecule has 3 nitrogen and oxygen atoms in total. The predicted molar refractivity (Wildman–Crippen MR) is 79.0 cm³/mol. The van der Waals surface area contributed by atoms with E-state index in [2.05, 4.69) is 16.8 Å². The standard InChI is InChI=1S/C14H22FN3S/c1-17-6-7-18(12(10-16)11-17)8-9-19-14-5-3-2-4-13(14)15/h2-5,12H,6-11,16H2,1H3. The van der Waals surface area contributed by atoms with E-state index in [0.29, 0.717) is 12.6 Å². The topological polar surface area (TPSA) is 32.5 Å². The van der Waals surface area contributed by atoms with E-state index >= 15 is 0 Å². The number of likely N-dealkylation sites (N-methyl/N-ethyl adjacent to an activating group) is 1. The van der Waals surface area contributed by atoms with Crippen molar-refractivity contribution in [2.45, 2.75) is 10.9 Å². The van der Waals surface area contributed by atoms with Crippen LogP contribution in [-0.2, 0) is 0 Å². The molecule has 1 heterocycles. The second kappa shape index (κ2) is 7.24. The van der Waals surface area contributed by atoms with E-state index in [1.165, 1.54) is 6.07 Å². The highest BCUT2D eigenvalue weighted by molar-refractivity contribution is 7.99. The predicted octanol–water partition coefficient (Wildman–Crippen LogP) is 1.49. The van der Waals surface area contributed by atoms with Gasteiger partial charge in [-0.15, -0.1) is 11.8 Å². The summed E-state index contributed by atoms with van der Waals surface area (Å²) in [5.41, 5.74) is 5.83. The van der Waals surface area contributed by atoms with Crippen LogP contribution in [0.4, 0.5) is 4.39 Å². The molecule has 0 radical (unpaired) electrons. The van der Waals surface area contributed by atoms with Crippen molar-refractivity contribution in [3.63, 3.8) is 0 Å².